The molecule has 0 aliphatic carbocycles. The van der Waals surface area contributed by atoms with Gasteiger partial charge >= 0.3 is 5.97 Å². The number of ether oxygens (including phenoxy) is 3. The number of nitrogens with zero attached hydrogens (tertiary/aromatic N) is 1. The Morgan fingerprint density at radius 2 is 1.78 bits per heavy atom. The van der Waals surface area contributed by atoms with Crippen molar-refractivity contribution in [1.82, 2.24) is 0 Å². The number of carbonyl (C=O) groups excluding carboxylic acids is 1. The molecule has 0 heterocycles. The fourth-order valence-electron chi connectivity index (χ4n) is 3.23. The van der Waals surface area contributed by atoms with Crippen LogP contribution in [0.2, 0.25) is 5.02 Å². The number of carbonyl (C=O) groups is 1. The van der Waals surface area contributed by atoms with E-state index in [2.05, 4.69) is 9.89 Å². The highest BCUT2D eigenvalue weighted by molar-refractivity contribution is 6.32. The lowest BCUT2D eigenvalue weighted by Crippen LogP contribution is -2.08. The normalized spacial score (nSPS) is 11.3. The molecule has 7 nitrogen and oxygen atoms in total. The molecule has 0 bridgehead atoms. The van der Waals surface area contributed by atoms with Crippen LogP contribution in [0.25, 0.3) is 0 Å². The number of phenolic OH excluding ortho intramolecular Hbond substituents is 1. The monoisotopic (exact) mass is 463 g/mol. The summed E-state index contributed by atoms with van der Waals surface area (Å²) < 4.78 is 16.3. The molecule has 2 aromatic carbocycles. The van der Waals surface area contributed by atoms with Gasteiger partial charge in [-0.05, 0) is 42.7 Å². The molecule has 0 aliphatic rings. The summed E-state index contributed by atoms with van der Waals surface area (Å²) in [5, 5.41) is 23.5. The van der Waals surface area contributed by atoms with E-state index in [0.29, 0.717) is 65.8 Å². The van der Waals surface area contributed by atoms with Crippen molar-refractivity contribution in [3.63, 3.8) is 0 Å². The molecule has 0 amide bonds. The molecule has 0 fully saturated rings. The Balaban J connectivity index is 1.94. The lowest BCUT2D eigenvalue weighted by atomic mass is 9.99. The van der Waals surface area contributed by atoms with E-state index in [1.54, 1.807) is 30.3 Å². The predicted molar refractivity (Wildman–Crippen MR) is 123 cm³/mol. The van der Waals surface area contributed by atoms with Crippen LogP contribution >= 0.6 is 11.6 Å². The zero-order chi connectivity index (χ0) is 23.5. The highest BCUT2D eigenvalue weighted by atomic mass is 35.5. The third-order valence-electron chi connectivity index (χ3n) is 4.88. The van der Waals surface area contributed by atoms with Crippen molar-refractivity contribution < 1.29 is 29.3 Å². The summed E-state index contributed by atoms with van der Waals surface area (Å²) >= 11 is 6.24. The van der Waals surface area contributed by atoms with Crippen LogP contribution in [0.15, 0.2) is 35.5 Å². The largest absolute Gasteiger partial charge is 0.507 e. The molecule has 174 valence electrons. The predicted octanol–water partition coefficient (Wildman–Crippen LogP) is 5.15. The molecule has 8 heteroatoms. The molecule has 0 radical (unpaired) electrons. The minimum atomic E-state index is -0.331. The maximum atomic E-state index is 11.4. The van der Waals surface area contributed by atoms with Crippen molar-refractivity contribution in [3.05, 3.63) is 52.0 Å². The van der Waals surface area contributed by atoms with Gasteiger partial charge in [0.25, 0.3) is 0 Å². The van der Waals surface area contributed by atoms with E-state index in [0.717, 1.165) is 12.0 Å². The van der Waals surface area contributed by atoms with Crippen LogP contribution in [0.1, 0.15) is 49.8 Å². The van der Waals surface area contributed by atoms with Gasteiger partial charge in [0.05, 0.1) is 37.5 Å². The number of halogens is 1. The van der Waals surface area contributed by atoms with Crippen LogP contribution in [0.3, 0.4) is 0 Å². The molecule has 0 aromatic heterocycles. The van der Waals surface area contributed by atoms with Crippen molar-refractivity contribution in [2.45, 2.75) is 46.0 Å². The van der Waals surface area contributed by atoms with Crippen molar-refractivity contribution in [2.75, 3.05) is 20.3 Å². The third kappa shape index (κ3) is 6.79. The SMILES string of the molecule is CCCc1c(OCCCOc2ccc(CC(=O)OC)cc2Cl)ccc(C(CC)=NO)c1O. The summed E-state index contributed by atoms with van der Waals surface area (Å²) in [5.41, 5.74) is 2.39. The van der Waals surface area contributed by atoms with Crippen molar-refractivity contribution in [3.8, 4) is 17.2 Å². The van der Waals surface area contributed by atoms with Gasteiger partial charge in [-0.25, -0.2) is 0 Å². The van der Waals surface area contributed by atoms with Crippen LogP contribution in [0.5, 0.6) is 17.2 Å². The molecule has 2 rings (SSSR count). The van der Waals surface area contributed by atoms with Gasteiger partial charge in [0.15, 0.2) is 0 Å². The molecule has 0 saturated heterocycles. The number of aromatic hydroxyl groups is 1. The average Bonchev–Trinajstić information content (AvgIpc) is 2.78. The fourth-order valence-corrected chi connectivity index (χ4v) is 3.48. The van der Waals surface area contributed by atoms with Gasteiger partial charge in [0, 0.05) is 17.5 Å². The number of esters is 1. The minimum Gasteiger partial charge on any atom is -0.507 e. The summed E-state index contributed by atoms with van der Waals surface area (Å²) in [6.45, 7) is 4.66. The first-order chi connectivity index (χ1) is 15.4. The zero-order valence-electron chi connectivity index (χ0n) is 18.7. The van der Waals surface area contributed by atoms with Crippen LogP contribution < -0.4 is 9.47 Å². The molecule has 0 saturated carbocycles. The standard InChI is InChI=1S/C24H30ClNO6/c1-4-7-18-21(11-9-17(24(18)28)20(5-2)26-29)31-12-6-13-32-22-10-8-16(14-19(22)25)15-23(27)30-3/h8-11,14,28-29H,4-7,12-13,15H2,1-3H3. The number of methoxy groups -OCH3 is 1. The van der Waals surface area contributed by atoms with E-state index in [-0.39, 0.29) is 18.1 Å². The van der Waals surface area contributed by atoms with E-state index < -0.39 is 0 Å². The van der Waals surface area contributed by atoms with Crippen LogP contribution in [-0.2, 0) is 22.4 Å². The smallest absolute Gasteiger partial charge is 0.309 e. The average molecular weight is 464 g/mol. The topological polar surface area (TPSA) is 97.6 Å². The van der Waals surface area contributed by atoms with Crippen LogP contribution in [0, 0.1) is 0 Å². The second-order valence-electron chi connectivity index (χ2n) is 7.16. The van der Waals surface area contributed by atoms with Gasteiger partial charge in [0.1, 0.15) is 17.2 Å². The van der Waals surface area contributed by atoms with Gasteiger partial charge in [-0.15, -0.1) is 0 Å². The van der Waals surface area contributed by atoms with Gasteiger partial charge in [-0.2, -0.15) is 0 Å². The Bertz CT molecular complexity index is 944. The molecule has 2 N–H and O–H groups in total. The Kier molecular flexibility index (Phi) is 10.1. The molecule has 0 unspecified atom stereocenters. The van der Waals surface area contributed by atoms with Crippen LogP contribution in [0.4, 0.5) is 0 Å². The van der Waals surface area contributed by atoms with Gasteiger partial charge in [0.2, 0.25) is 0 Å². The van der Waals surface area contributed by atoms with Crippen LogP contribution in [-0.4, -0.2) is 42.3 Å². The Hall–Kier alpha value is -2.93. The minimum absolute atomic E-state index is 0.0917. The number of rotatable bonds is 12. The Morgan fingerprint density at radius 1 is 1.09 bits per heavy atom. The summed E-state index contributed by atoms with van der Waals surface area (Å²) in [6.07, 6.45) is 2.73. The number of hydrogen-bond donors (Lipinski definition) is 2. The molecule has 2 aromatic rings. The van der Waals surface area contributed by atoms with Crippen molar-refractivity contribution >= 4 is 23.3 Å². The lowest BCUT2D eigenvalue weighted by molar-refractivity contribution is -0.139. The molecule has 0 aliphatic heterocycles. The fraction of sp³-hybridized carbons (Fsp3) is 0.417. The third-order valence-corrected chi connectivity index (χ3v) is 5.18. The molecular formula is C24H30ClNO6. The second kappa shape index (κ2) is 12.8. The molecule has 0 spiro atoms. The number of benzene rings is 2. The molecule has 0 atom stereocenters. The van der Waals surface area contributed by atoms with Gasteiger partial charge in [-0.3, -0.25) is 4.79 Å². The van der Waals surface area contributed by atoms with E-state index in [1.165, 1.54) is 7.11 Å². The first-order valence-electron chi connectivity index (χ1n) is 10.6. The summed E-state index contributed by atoms with van der Waals surface area (Å²) in [5.74, 6) is 0.896. The Labute approximate surface area is 193 Å². The maximum Gasteiger partial charge on any atom is 0.309 e. The number of phenols is 1. The van der Waals surface area contributed by atoms with E-state index >= 15 is 0 Å². The Morgan fingerprint density at radius 3 is 2.38 bits per heavy atom. The van der Waals surface area contributed by atoms with E-state index in [4.69, 9.17) is 21.1 Å². The molecular weight excluding hydrogens is 434 g/mol. The first kappa shape index (κ1) is 25.3. The first-order valence-corrected chi connectivity index (χ1v) is 11.0. The summed E-state index contributed by atoms with van der Waals surface area (Å²) in [4.78, 5) is 11.4. The zero-order valence-corrected chi connectivity index (χ0v) is 19.4. The lowest BCUT2D eigenvalue weighted by Gasteiger charge is -2.16. The highest BCUT2D eigenvalue weighted by Gasteiger charge is 2.16. The molecule has 32 heavy (non-hydrogen) atoms. The maximum absolute atomic E-state index is 11.4. The van der Waals surface area contributed by atoms with Crippen molar-refractivity contribution in [1.29, 1.82) is 0 Å². The number of hydrogen-bond acceptors (Lipinski definition) is 7. The van der Waals surface area contributed by atoms with E-state index in [1.807, 2.05) is 13.8 Å². The number of oxime groups is 1. The van der Waals surface area contributed by atoms with Crippen molar-refractivity contribution in [2.24, 2.45) is 5.16 Å². The summed E-state index contributed by atoms with van der Waals surface area (Å²) in [6, 6.07) is 8.68. The highest BCUT2D eigenvalue weighted by Crippen LogP contribution is 2.33. The van der Waals surface area contributed by atoms with E-state index in [9.17, 15) is 15.1 Å². The summed E-state index contributed by atoms with van der Waals surface area (Å²) in [7, 11) is 1.34. The second-order valence-corrected chi connectivity index (χ2v) is 7.56. The van der Waals surface area contributed by atoms with Gasteiger partial charge < -0.3 is 24.5 Å². The van der Waals surface area contributed by atoms with Gasteiger partial charge in [-0.1, -0.05) is 43.1 Å². The quantitative estimate of drug-likeness (QED) is 0.148.